The second-order valence-electron chi connectivity index (χ2n) is 8.57. The van der Waals surface area contributed by atoms with Gasteiger partial charge in [0.1, 0.15) is 5.75 Å². The quantitative estimate of drug-likeness (QED) is 0.606. The third-order valence-corrected chi connectivity index (χ3v) is 8.13. The molecule has 1 aliphatic carbocycles. The Hall–Kier alpha value is -2.42. The Morgan fingerprint density at radius 3 is 2.45 bits per heavy atom. The van der Waals surface area contributed by atoms with Crippen molar-refractivity contribution in [1.29, 1.82) is 0 Å². The van der Waals surface area contributed by atoms with E-state index in [2.05, 4.69) is 5.32 Å². The van der Waals surface area contributed by atoms with E-state index in [0.717, 1.165) is 29.7 Å². The van der Waals surface area contributed by atoms with Crippen molar-refractivity contribution >= 4 is 15.9 Å². The average Bonchev–Trinajstić information content (AvgIpc) is 3.36. The number of morpholine rings is 1. The second-order valence-corrected chi connectivity index (χ2v) is 10.5. The van der Waals surface area contributed by atoms with Gasteiger partial charge in [0.2, 0.25) is 15.9 Å². The molecule has 8 heteroatoms. The molecule has 7 nitrogen and oxygen atoms in total. The molecule has 1 N–H and O–H groups in total. The number of sulfonamides is 1. The highest BCUT2D eigenvalue weighted by Crippen LogP contribution is 2.26. The average molecular weight is 473 g/mol. The van der Waals surface area contributed by atoms with Crippen molar-refractivity contribution in [3.63, 3.8) is 0 Å². The molecule has 1 amide bonds. The lowest BCUT2D eigenvalue weighted by molar-refractivity contribution is -0.121. The highest BCUT2D eigenvalue weighted by molar-refractivity contribution is 7.89. The van der Waals surface area contributed by atoms with Crippen molar-refractivity contribution < 1.29 is 22.7 Å². The summed E-state index contributed by atoms with van der Waals surface area (Å²) in [4.78, 5) is 12.7. The van der Waals surface area contributed by atoms with Crippen LogP contribution in [0.1, 0.15) is 43.2 Å². The van der Waals surface area contributed by atoms with Crippen molar-refractivity contribution in [2.75, 3.05) is 26.3 Å². The molecular formula is C25H32N2O5S. The molecule has 1 saturated carbocycles. The van der Waals surface area contributed by atoms with Crippen LogP contribution in [0.4, 0.5) is 0 Å². The van der Waals surface area contributed by atoms with Crippen LogP contribution in [-0.4, -0.2) is 51.0 Å². The fourth-order valence-electron chi connectivity index (χ4n) is 4.25. The number of hydrogen-bond donors (Lipinski definition) is 1. The number of nitrogens with zero attached hydrogens (tertiary/aromatic N) is 1. The van der Waals surface area contributed by atoms with Gasteiger partial charge in [0.25, 0.3) is 0 Å². The van der Waals surface area contributed by atoms with Gasteiger partial charge in [-0.1, -0.05) is 30.3 Å². The SMILES string of the molecule is O=C(CCc1ccc(S(=O)(=O)N2CCOCC2)cc1)NCc1ccccc1OC1CCCC1. The first-order chi connectivity index (χ1) is 16.0. The Bertz CT molecular complexity index is 1030. The number of aryl methyl sites for hydroxylation is 1. The van der Waals surface area contributed by atoms with Crippen molar-refractivity contribution in [3.8, 4) is 5.75 Å². The van der Waals surface area contributed by atoms with Crippen LogP contribution in [0.3, 0.4) is 0 Å². The molecule has 1 saturated heterocycles. The lowest BCUT2D eigenvalue weighted by atomic mass is 10.1. The summed E-state index contributed by atoms with van der Waals surface area (Å²) in [5.74, 6) is 0.803. The molecule has 0 spiro atoms. The number of benzene rings is 2. The van der Waals surface area contributed by atoms with E-state index in [1.807, 2.05) is 24.3 Å². The van der Waals surface area contributed by atoms with Crippen LogP contribution < -0.4 is 10.1 Å². The topological polar surface area (TPSA) is 84.9 Å². The van der Waals surface area contributed by atoms with Gasteiger partial charge in [-0.2, -0.15) is 4.31 Å². The Balaban J connectivity index is 1.26. The zero-order chi connectivity index (χ0) is 23.1. The maximum absolute atomic E-state index is 12.7. The van der Waals surface area contributed by atoms with Gasteiger partial charge in [-0.15, -0.1) is 0 Å². The Kier molecular flexibility index (Phi) is 8.01. The molecule has 2 aromatic carbocycles. The second kappa shape index (κ2) is 11.1. The van der Waals surface area contributed by atoms with Gasteiger partial charge in [0.05, 0.1) is 24.2 Å². The molecule has 178 valence electrons. The number of para-hydroxylation sites is 1. The van der Waals surface area contributed by atoms with Crippen molar-refractivity contribution in [3.05, 3.63) is 59.7 Å². The number of carbonyl (C=O) groups excluding carboxylic acids is 1. The van der Waals surface area contributed by atoms with Gasteiger partial charge < -0.3 is 14.8 Å². The molecule has 33 heavy (non-hydrogen) atoms. The third-order valence-electron chi connectivity index (χ3n) is 6.22. The predicted molar refractivity (Wildman–Crippen MR) is 126 cm³/mol. The zero-order valence-corrected chi connectivity index (χ0v) is 19.7. The highest BCUT2D eigenvalue weighted by Gasteiger charge is 2.26. The molecule has 0 atom stereocenters. The van der Waals surface area contributed by atoms with Crippen LogP contribution in [0.2, 0.25) is 0 Å². The van der Waals surface area contributed by atoms with E-state index >= 15 is 0 Å². The van der Waals surface area contributed by atoms with Crippen molar-refractivity contribution in [2.45, 2.75) is 56.1 Å². The van der Waals surface area contributed by atoms with Gasteiger partial charge in [-0.05, 0) is 55.9 Å². The summed E-state index contributed by atoms with van der Waals surface area (Å²) in [6.45, 7) is 2.02. The van der Waals surface area contributed by atoms with Gasteiger partial charge in [0, 0.05) is 31.6 Å². The smallest absolute Gasteiger partial charge is 0.243 e. The highest BCUT2D eigenvalue weighted by atomic mass is 32.2. The van der Waals surface area contributed by atoms with Crippen LogP contribution in [0.5, 0.6) is 5.75 Å². The van der Waals surface area contributed by atoms with E-state index in [4.69, 9.17) is 9.47 Å². The minimum absolute atomic E-state index is 0.0457. The van der Waals surface area contributed by atoms with E-state index in [9.17, 15) is 13.2 Å². The molecule has 0 bridgehead atoms. The van der Waals surface area contributed by atoms with E-state index in [1.54, 1.807) is 24.3 Å². The van der Waals surface area contributed by atoms with Gasteiger partial charge in [0.15, 0.2) is 0 Å². The molecular weight excluding hydrogens is 440 g/mol. The summed E-state index contributed by atoms with van der Waals surface area (Å²) in [5.41, 5.74) is 1.91. The van der Waals surface area contributed by atoms with Crippen molar-refractivity contribution in [2.24, 2.45) is 0 Å². The molecule has 1 heterocycles. The standard InChI is InChI=1S/C25H32N2O5S/c28-25(26-19-21-5-1-4-8-24(21)32-22-6-2-3-7-22)14-11-20-9-12-23(13-10-20)33(29,30)27-15-17-31-18-16-27/h1,4-5,8-10,12-13,22H,2-3,6-7,11,14-19H2,(H,26,28). The monoisotopic (exact) mass is 472 g/mol. The fraction of sp³-hybridized carbons (Fsp3) is 0.480. The summed E-state index contributed by atoms with van der Waals surface area (Å²) >= 11 is 0. The Morgan fingerprint density at radius 1 is 1.03 bits per heavy atom. The van der Waals surface area contributed by atoms with Crippen molar-refractivity contribution in [1.82, 2.24) is 9.62 Å². The van der Waals surface area contributed by atoms with Gasteiger partial charge in [-0.3, -0.25) is 4.79 Å². The maximum atomic E-state index is 12.7. The molecule has 2 aliphatic rings. The van der Waals surface area contributed by atoms with E-state index in [0.29, 0.717) is 45.7 Å². The first kappa shape index (κ1) is 23.7. The lowest BCUT2D eigenvalue weighted by Crippen LogP contribution is -2.40. The summed E-state index contributed by atoms with van der Waals surface area (Å²) in [5, 5.41) is 2.98. The first-order valence-electron chi connectivity index (χ1n) is 11.7. The van der Waals surface area contributed by atoms with E-state index < -0.39 is 10.0 Å². The lowest BCUT2D eigenvalue weighted by Gasteiger charge is -2.26. The number of rotatable bonds is 9. The largest absolute Gasteiger partial charge is 0.490 e. The molecule has 2 aromatic rings. The fourth-order valence-corrected chi connectivity index (χ4v) is 5.66. The van der Waals surface area contributed by atoms with Gasteiger partial charge >= 0.3 is 0 Å². The minimum Gasteiger partial charge on any atom is -0.490 e. The molecule has 1 aliphatic heterocycles. The molecule has 0 radical (unpaired) electrons. The number of carbonyl (C=O) groups is 1. The van der Waals surface area contributed by atoms with Gasteiger partial charge in [-0.25, -0.2) is 8.42 Å². The molecule has 2 fully saturated rings. The molecule has 4 rings (SSSR count). The summed E-state index contributed by atoms with van der Waals surface area (Å²) < 4.78 is 38.3. The first-order valence-corrected chi connectivity index (χ1v) is 13.1. The van der Waals surface area contributed by atoms with Crippen LogP contribution in [-0.2, 0) is 32.5 Å². The Morgan fingerprint density at radius 2 is 1.73 bits per heavy atom. The summed E-state index contributed by atoms with van der Waals surface area (Å²) in [6, 6.07) is 14.7. The van der Waals surface area contributed by atoms with Crippen LogP contribution in [0, 0.1) is 0 Å². The van der Waals surface area contributed by atoms with Crippen LogP contribution in [0.25, 0.3) is 0 Å². The number of hydrogen-bond acceptors (Lipinski definition) is 5. The minimum atomic E-state index is -3.50. The number of amides is 1. The normalized spacial score (nSPS) is 17.7. The van der Waals surface area contributed by atoms with Crippen LogP contribution in [0.15, 0.2) is 53.4 Å². The summed E-state index contributed by atoms with van der Waals surface area (Å²) in [7, 11) is -3.50. The van der Waals surface area contributed by atoms with E-state index in [1.165, 1.54) is 17.1 Å². The number of nitrogens with one attached hydrogen (secondary N) is 1. The summed E-state index contributed by atoms with van der Waals surface area (Å²) in [6.07, 6.45) is 5.76. The molecule has 0 unspecified atom stereocenters. The molecule has 0 aromatic heterocycles. The van der Waals surface area contributed by atoms with Crippen LogP contribution >= 0.6 is 0 Å². The third kappa shape index (κ3) is 6.34. The maximum Gasteiger partial charge on any atom is 0.243 e. The zero-order valence-electron chi connectivity index (χ0n) is 18.9. The predicted octanol–water partition coefficient (Wildman–Crippen LogP) is 3.28. The number of ether oxygens (including phenoxy) is 2. The Labute approximate surface area is 196 Å². The van der Waals surface area contributed by atoms with E-state index in [-0.39, 0.29) is 16.9 Å².